The van der Waals surface area contributed by atoms with Gasteiger partial charge in [-0.15, -0.1) is 9.42 Å². The first kappa shape index (κ1) is 19.3. The van der Waals surface area contributed by atoms with E-state index in [-0.39, 0.29) is 6.10 Å². The number of rotatable bonds is 2. The molecule has 0 saturated carbocycles. The maximum Gasteiger partial charge on any atom is 0.694 e. The predicted molar refractivity (Wildman–Crippen MR) is 92.8 cm³/mol. The van der Waals surface area contributed by atoms with Crippen LogP contribution in [0.25, 0.3) is 0 Å². The lowest BCUT2D eigenvalue weighted by molar-refractivity contribution is 0.222. The van der Waals surface area contributed by atoms with E-state index >= 15 is 0 Å². The van der Waals surface area contributed by atoms with Crippen LogP contribution in [0.15, 0.2) is 34.4 Å². The second-order valence-electron chi connectivity index (χ2n) is 8.24. The van der Waals surface area contributed by atoms with Crippen molar-refractivity contribution in [2.45, 2.75) is 67.9 Å². The second kappa shape index (κ2) is 6.78. The maximum absolute atomic E-state index is 9.74. The van der Waals surface area contributed by atoms with Crippen molar-refractivity contribution in [1.29, 1.82) is 0 Å². The summed E-state index contributed by atoms with van der Waals surface area (Å²) in [6, 6.07) is 0. The van der Waals surface area contributed by atoms with Crippen molar-refractivity contribution in [2.24, 2.45) is 10.8 Å². The molecule has 0 heterocycles. The summed E-state index contributed by atoms with van der Waals surface area (Å²) in [7, 11) is -2.39. The first-order chi connectivity index (χ1) is 9.82. The van der Waals surface area contributed by atoms with Crippen LogP contribution in [0.1, 0.15) is 61.8 Å². The molecule has 1 atom stereocenters. The third kappa shape index (κ3) is 5.15. The van der Waals surface area contributed by atoms with Crippen LogP contribution in [-0.2, 0) is 9.09 Å². The van der Waals surface area contributed by atoms with Crippen LogP contribution in [0.5, 0.6) is 0 Å². The lowest BCUT2D eigenvalue weighted by atomic mass is 9.76. The minimum Gasteiger partial charge on any atom is -0.133 e. The average Bonchev–Trinajstić information content (AvgIpc) is 2.84. The van der Waals surface area contributed by atoms with Crippen LogP contribution in [0.2, 0.25) is 0 Å². The molecule has 0 aromatic carbocycles. The van der Waals surface area contributed by atoms with Crippen LogP contribution in [0.4, 0.5) is 0 Å². The van der Waals surface area contributed by atoms with Gasteiger partial charge >= 0.3 is 8.25 Å². The Bertz CT molecular complexity index is 538. The summed E-state index contributed by atoms with van der Waals surface area (Å²) in [6.45, 7) is 17.3. The summed E-state index contributed by atoms with van der Waals surface area (Å²) in [5.74, 6) is 0. The van der Waals surface area contributed by atoms with Crippen LogP contribution in [0.3, 0.4) is 0 Å². The van der Waals surface area contributed by atoms with Crippen LogP contribution in [0, 0.1) is 10.8 Å². The van der Waals surface area contributed by atoms with E-state index in [1.807, 2.05) is 0 Å². The summed E-state index contributed by atoms with van der Waals surface area (Å²) in [6.07, 6.45) is 5.81. The molecule has 124 valence electrons. The second-order valence-corrected chi connectivity index (χ2v) is 8.92. The molecule has 2 rings (SSSR count). The molecule has 0 aliphatic heterocycles. The molecule has 1 unspecified atom stereocenters. The zero-order valence-electron chi connectivity index (χ0n) is 15.2. The summed E-state index contributed by atoms with van der Waals surface area (Å²) in [5.41, 5.74) is 6.82. The number of hydrogen-bond donors (Lipinski definition) is 1. The molecule has 4 heteroatoms. The Morgan fingerprint density at radius 1 is 1.09 bits per heavy atom. The molecule has 0 radical (unpaired) electrons. The molecule has 1 N–H and O–H groups in total. The molecular formula is C18H30O3P+. The fraction of sp³-hybridized carbons (Fsp3) is 0.667. The Morgan fingerprint density at radius 2 is 1.64 bits per heavy atom. The molecule has 0 saturated heterocycles. The van der Waals surface area contributed by atoms with Gasteiger partial charge in [-0.05, 0) is 53.4 Å². The van der Waals surface area contributed by atoms with Crippen molar-refractivity contribution in [2.75, 3.05) is 0 Å². The molecule has 2 aliphatic rings. The van der Waals surface area contributed by atoms with Crippen molar-refractivity contribution in [3.05, 3.63) is 34.4 Å². The first-order valence-electron chi connectivity index (χ1n) is 7.82. The third-order valence-corrected chi connectivity index (χ3v) is 4.21. The smallest absolute Gasteiger partial charge is 0.133 e. The van der Waals surface area contributed by atoms with Gasteiger partial charge in [-0.2, -0.15) is 0 Å². The SMILES string of the molecule is CC(C)(C)C1=CC2=CC(C(C)(C)C)=C1C2.CC(C)O[P+](=O)O. The van der Waals surface area contributed by atoms with Gasteiger partial charge in [-0.25, -0.2) is 0 Å². The van der Waals surface area contributed by atoms with Crippen molar-refractivity contribution in [3.8, 4) is 0 Å². The fourth-order valence-corrected chi connectivity index (χ4v) is 3.11. The minimum absolute atomic E-state index is 0.159. The molecule has 0 amide bonds. The lowest BCUT2D eigenvalue weighted by Crippen LogP contribution is -2.15. The number of fused-ring (bicyclic) bond motifs is 2. The summed E-state index contributed by atoms with van der Waals surface area (Å²) >= 11 is 0. The zero-order chi connectivity index (χ0) is 17.3. The number of hydrogen-bond acceptors (Lipinski definition) is 2. The fourth-order valence-electron chi connectivity index (χ4n) is 2.75. The largest absolute Gasteiger partial charge is 0.694 e. The van der Waals surface area contributed by atoms with Crippen molar-refractivity contribution in [1.82, 2.24) is 0 Å². The topological polar surface area (TPSA) is 46.5 Å². The van der Waals surface area contributed by atoms with Crippen LogP contribution in [-0.4, -0.2) is 11.0 Å². The molecule has 22 heavy (non-hydrogen) atoms. The van der Waals surface area contributed by atoms with Gasteiger partial charge in [-0.3, -0.25) is 0 Å². The van der Waals surface area contributed by atoms with Gasteiger partial charge in [0.15, 0.2) is 0 Å². The average molecular weight is 325 g/mol. The van der Waals surface area contributed by atoms with Crippen LogP contribution >= 0.6 is 8.25 Å². The Hall–Kier alpha value is -0.760. The Balaban J connectivity index is 0.000000295. The standard InChI is InChI=1S/C15H22.C3H7O3P/c1-14(2,3)12-8-10-7-11(12)13(9-10)15(4,5)6;1-3(2)6-7(4)5/h8-9H,7H2,1-6H3;3H,1-2H3/p+1. The van der Waals surface area contributed by atoms with E-state index in [0.29, 0.717) is 10.8 Å². The normalized spacial score (nSPS) is 18.2. The van der Waals surface area contributed by atoms with Crippen molar-refractivity contribution in [3.63, 3.8) is 0 Å². The highest BCUT2D eigenvalue weighted by atomic mass is 31.1. The van der Waals surface area contributed by atoms with Gasteiger partial charge in [0, 0.05) is 4.57 Å². The van der Waals surface area contributed by atoms with Gasteiger partial charge in [-0.1, -0.05) is 53.7 Å². The first-order valence-corrected chi connectivity index (χ1v) is 8.95. The highest BCUT2D eigenvalue weighted by Crippen LogP contribution is 2.50. The van der Waals surface area contributed by atoms with E-state index in [2.05, 4.69) is 58.2 Å². The summed E-state index contributed by atoms with van der Waals surface area (Å²) in [5, 5.41) is 0. The van der Waals surface area contributed by atoms with E-state index in [0.717, 1.165) is 0 Å². The van der Waals surface area contributed by atoms with Crippen molar-refractivity contribution < 1.29 is 14.0 Å². The molecule has 2 aliphatic carbocycles. The summed E-state index contributed by atoms with van der Waals surface area (Å²) < 4.78 is 14.1. The molecule has 0 aromatic heterocycles. The third-order valence-electron chi connectivity index (χ3n) is 3.61. The molecule has 0 spiro atoms. The predicted octanol–water partition coefficient (Wildman–Crippen LogP) is 5.71. The van der Waals surface area contributed by atoms with E-state index in [4.69, 9.17) is 4.89 Å². The van der Waals surface area contributed by atoms with Crippen LogP contribution < -0.4 is 0 Å². The quantitative estimate of drug-likeness (QED) is 0.662. The van der Waals surface area contributed by atoms with Gasteiger partial charge < -0.3 is 0 Å². The van der Waals surface area contributed by atoms with Gasteiger partial charge in [0.25, 0.3) is 0 Å². The Kier molecular flexibility index (Phi) is 5.94. The van der Waals surface area contributed by atoms with E-state index in [1.165, 1.54) is 12.0 Å². The van der Waals surface area contributed by atoms with E-state index in [1.54, 1.807) is 30.6 Å². The highest BCUT2D eigenvalue weighted by Gasteiger charge is 2.34. The van der Waals surface area contributed by atoms with Gasteiger partial charge in [0.1, 0.15) is 6.10 Å². The molecule has 0 fully saturated rings. The van der Waals surface area contributed by atoms with Gasteiger partial charge in [0.2, 0.25) is 0 Å². The minimum atomic E-state index is -2.39. The Morgan fingerprint density at radius 3 is 1.91 bits per heavy atom. The van der Waals surface area contributed by atoms with Crippen molar-refractivity contribution >= 4 is 8.25 Å². The Labute approximate surface area is 136 Å². The molecular weight excluding hydrogens is 295 g/mol. The number of allylic oxidation sites excluding steroid dienone is 6. The lowest BCUT2D eigenvalue weighted by Gasteiger charge is -2.28. The van der Waals surface area contributed by atoms with E-state index in [9.17, 15) is 4.57 Å². The maximum atomic E-state index is 9.74. The molecule has 0 aromatic rings. The molecule has 3 nitrogen and oxygen atoms in total. The summed E-state index contributed by atoms with van der Waals surface area (Å²) in [4.78, 5) is 8.01. The highest BCUT2D eigenvalue weighted by molar-refractivity contribution is 7.32. The van der Waals surface area contributed by atoms with Gasteiger partial charge in [0.05, 0.1) is 0 Å². The zero-order valence-corrected chi connectivity index (χ0v) is 16.0. The monoisotopic (exact) mass is 325 g/mol. The molecule has 2 bridgehead atoms. The van der Waals surface area contributed by atoms with E-state index < -0.39 is 8.25 Å².